The smallest absolute Gasteiger partial charge is 0.264 e. The normalized spacial score (nSPS) is 15.9. The molecule has 0 aliphatic carbocycles. The van der Waals surface area contributed by atoms with E-state index in [1.54, 1.807) is 26.4 Å². The molecule has 1 amide bonds. The maximum atomic E-state index is 12.2. The van der Waals surface area contributed by atoms with Gasteiger partial charge in [0, 0.05) is 37.8 Å². The minimum atomic E-state index is -0.366. The number of carbonyl (C=O) groups is 1. The molecule has 0 bridgehead atoms. The number of nitrogens with zero attached hydrogens (tertiary/aromatic N) is 6. The molecule has 0 saturated carbocycles. The van der Waals surface area contributed by atoms with E-state index in [4.69, 9.17) is 9.40 Å². The number of piperidine rings is 1. The summed E-state index contributed by atoms with van der Waals surface area (Å²) < 4.78 is 8.37. The van der Waals surface area contributed by atoms with Crippen LogP contribution in [0.2, 0.25) is 0 Å². The van der Waals surface area contributed by atoms with Crippen LogP contribution in [0.4, 0.5) is 0 Å². The van der Waals surface area contributed by atoms with Crippen LogP contribution in [0.5, 0.6) is 0 Å². The van der Waals surface area contributed by atoms with Crippen LogP contribution >= 0.6 is 0 Å². The first-order valence-electron chi connectivity index (χ1n) is 10.9. The highest BCUT2D eigenvalue weighted by Gasteiger charge is 2.26. The van der Waals surface area contributed by atoms with Gasteiger partial charge in [0.2, 0.25) is 0 Å². The Morgan fingerprint density at radius 2 is 2.09 bits per heavy atom. The molecule has 1 saturated heterocycles. The Morgan fingerprint density at radius 1 is 1.30 bits per heavy atom. The van der Waals surface area contributed by atoms with Crippen molar-refractivity contribution < 1.29 is 9.21 Å². The van der Waals surface area contributed by atoms with Crippen LogP contribution in [0.3, 0.4) is 0 Å². The van der Waals surface area contributed by atoms with Gasteiger partial charge in [0.25, 0.3) is 5.91 Å². The minimum Gasteiger partial charge on any atom is -0.453 e. The van der Waals surface area contributed by atoms with Gasteiger partial charge in [0.1, 0.15) is 28.6 Å². The summed E-state index contributed by atoms with van der Waals surface area (Å²) in [7, 11) is 5.37. The van der Waals surface area contributed by atoms with Gasteiger partial charge in [-0.1, -0.05) is 0 Å². The Bertz CT molecular complexity index is 1410. The van der Waals surface area contributed by atoms with Gasteiger partial charge in [-0.05, 0) is 51.2 Å². The highest BCUT2D eigenvalue weighted by molar-refractivity contribution is 6.02. The van der Waals surface area contributed by atoms with Crippen molar-refractivity contribution in [3.8, 4) is 17.7 Å². The summed E-state index contributed by atoms with van der Waals surface area (Å²) in [6.07, 6.45) is 7.17. The van der Waals surface area contributed by atoms with E-state index in [9.17, 15) is 10.1 Å². The molecule has 9 nitrogen and oxygen atoms in total. The van der Waals surface area contributed by atoms with Crippen LogP contribution in [0.15, 0.2) is 40.6 Å². The number of nitriles is 1. The van der Waals surface area contributed by atoms with Crippen molar-refractivity contribution in [1.82, 2.24) is 29.3 Å². The summed E-state index contributed by atoms with van der Waals surface area (Å²) >= 11 is 0. The number of hydrogen-bond acceptors (Lipinski definition) is 6. The van der Waals surface area contributed by atoms with Crippen LogP contribution in [0.25, 0.3) is 39.7 Å². The van der Waals surface area contributed by atoms with Crippen molar-refractivity contribution in [2.75, 3.05) is 34.2 Å². The van der Waals surface area contributed by atoms with Gasteiger partial charge in [0.05, 0.1) is 11.7 Å². The number of rotatable bonds is 4. The number of furan rings is 1. The van der Waals surface area contributed by atoms with Crippen LogP contribution in [-0.4, -0.2) is 69.5 Å². The molecule has 4 aromatic rings. The van der Waals surface area contributed by atoms with Gasteiger partial charge in [-0.3, -0.25) is 4.79 Å². The molecule has 1 aliphatic heterocycles. The third-order valence-corrected chi connectivity index (χ3v) is 6.18. The van der Waals surface area contributed by atoms with Crippen LogP contribution in [0.1, 0.15) is 24.6 Å². The molecule has 5 rings (SSSR count). The predicted octanol–water partition coefficient (Wildman–Crippen LogP) is 3.43. The van der Waals surface area contributed by atoms with Gasteiger partial charge < -0.3 is 23.8 Å². The fourth-order valence-corrected chi connectivity index (χ4v) is 4.45. The highest BCUT2D eigenvalue weighted by atomic mass is 16.3. The molecule has 1 N–H and O–H groups in total. The standard InChI is InChI=1S/C24H25N7O2/c1-29(2)24(32)15(13-25)12-17-4-5-20(33-17)23-28-19-14-27-22-18(6-9-26-22)21(19)31(23)16-7-10-30(3)11-8-16/h4-6,9,12,14,16H,7-8,10-11H2,1-3H3,(H,26,27)/b15-12+. The van der Waals surface area contributed by atoms with Crippen molar-refractivity contribution in [3.63, 3.8) is 0 Å². The monoisotopic (exact) mass is 443 g/mol. The predicted molar refractivity (Wildman–Crippen MR) is 125 cm³/mol. The van der Waals surface area contributed by atoms with E-state index in [1.807, 2.05) is 24.4 Å². The van der Waals surface area contributed by atoms with Gasteiger partial charge in [0.15, 0.2) is 11.6 Å². The molecule has 33 heavy (non-hydrogen) atoms. The number of likely N-dealkylation sites (N-methyl/N-ethyl adjacent to an activating group) is 1. The molecular formula is C24H25N7O2. The third kappa shape index (κ3) is 3.68. The molecule has 0 aromatic carbocycles. The number of amides is 1. The lowest BCUT2D eigenvalue weighted by atomic mass is 10.0. The largest absolute Gasteiger partial charge is 0.453 e. The second-order valence-electron chi connectivity index (χ2n) is 8.64. The number of H-pyrrole nitrogens is 1. The van der Waals surface area contributed by atoms with Crippen molar-refractivity contribution in [1.29, 1.82) is 5.26 Å². The van der Waals surface area contributed by atoms with Gasteiger partial charge in [-0.25, -0.2) is 9.97 Å². The third-order valence-electron chi connectivity index (χ3n) is 6.18. The number of aromatic amines is 1. The van der Waals surface area contributed by atoms with Crippen molar-refractivity contribution in [2.45, 2.75) is 18.9 Å². The first-order chi connectivity index (χ1) is 16.0. The summed E-state index contributed by atoms with van der Waals surface area (Å²) in [5.41, 5.74) is 2.69. The summed E-state index contributed by atoms with van der Waals surface area (Å²) in [6.45, 7) is 2.02. The van der Waals surface area contributed by atoms with E-state index in [1.165, 1.54) is 11.0 Å². The van der Waals surface area contributed by atoms with Gasteiger partial charge in [-0.2, -0.15) is 5.26 Å². The zero-order chi connectivity index (χ0) is 23.1. The molecule has 0 radical (unpaired) electrons. The molecule has 0 spiro atoms. The zero-order valence-electron chi connectivity index (χ0n) is 18.9. The molecule has 9 heteroatoms. The Hall–Kier alpha value is -3.90. The number of hydrogen-bond donors (Lipinski definition) is 1. The van der Waals surface area contributed by atoms with Crippen molar-refractivity contribution >= 4 is 34.1 Å². The van der Waals surface area contributed by atoms with Crippen LogP contribution in [-0.2, 0) is 4.79 Å². The Morgan fingerprint density at radius 3 is 2.82 bits per heavy atom. The Labute approximate surface area is 190 Å². The molecule has 0 unspecified atom stereocenters. The van der Waals surface area contributed by atoms with Crippen molar-refractivity contribution in [2.24, 2.45) is 0 Å². The lowest BCUT2D eigenvalue weighted by Gasteiger charge is -2.31. The SMILES string of the molecule is CN1CCC(n2c(-c3ccc(/C=C(\C#N)C(=O)N(C)C)o3)nc3cnc4[nH]ccc4c32)CC1. The van der Waals surface area contributed by atoms with E-state index < -0.39 is 0 Å². The maximum Gasteiger partial charge on any atom is 0.264 e. The van der Waals surface area contributed by atoms with E-state index in [2.05, 4.69) is 26.5 Å². The average molecular weight is 444 g/mol. The molecule has 4 aromatic heterocycles. The summed E-state index contributed by atoms with van der Waals surface area (Å²) in [6, 6.07) is 7.87. The highest BCUT2D eigenvalue weighted by Crippen LogP contribution is 2.36. The number of aromatic nitrogens is 4. The number of likely N-dealkylation sites (tertiary alicyclic amines) is 1. The fourth-order valence-electron chi connectivity index (χ4n) is 4.45. The molecule has 1 aliphatic rings. The number of carbonyl (C=O) groups excluding carboxylic acids is 1. The summed E-state index contributed by atoms with van der Waals surface area (Å²) in [4.78, 5) is 28.5. The first kappa shape index (κ1) is 21.0. The fraction of sp³-hybridized carbons (Fsp3) is 0.333. The van der Waals surface area contributed by atoms with E-state index >= 15 is 0 Å². The molecule has 168 valence electrons. The molecule has 5 heterocycles. The quantitative estimate of drug-likeness (QED) is 0.382. The molecular weight excluding hydrogens is 418 g/mol. The average Bonchev–Trinajstić information content (AvgIpc) is 3.54. The Balaban J connectivity index is 1.64. The Kier molecular flexibility index (Phi) is 5.23. The van der Waals surface area contributed by atoms with Crippen molar-refractivity contribution in [3.05, 3.63) is 41.9 Å². The number of pyridine rings is 1. The summed E-state index contributed by atoms with van der Waals surface area (Å²) in [5, 5.41) is 10.4. The van der Waals surface area contributed by atoms with E-state index in [-0.39, 0.29) is 17.5 Å². The molecule has 1 fully saturated rings. The molecule has 0 atom stereocenters. The second kappa shape index (κ2) is 8.22. The maximum absolute atomic E-state index is 12.2. The lowest BCUT2D eigenvalue weighted by Crippen LogP contribution is -2.31. The zero-order valence-corrected chi connectivity index (χ0v) is 18.9. The topological polar surface area (TPSA) is 107 Å². The second-order valence-corrected chi connectivity index (χ2v) is 8.64. The number of nitrogens with one attached hydrogen (secondary N) is 1. The lowest BCUT2D eigenvalue weighted by molar-refractivity contribution is -0.124. The van der Waals surface area contributed by atoms with Gasteiger partial charge >= 0.3 is 0 Å². The van der Waals surface area contributed by atoms with Gasteiger partial charge in [-0.15, -0.1) is 0 Å². The number of fused-ring (bicyclic) bond motifs is 3. The summed E-state index contributed by atoms with van der Waals surface area (Å²) in [5.74, 6) is 1.39. The van der Waals surface area contributed by atoms with E-state index in [0.29, 0.717) is 11.5 Å². The minimum absolute atomic E-state index is 0.0166. The van der Waals surface area contributed by atoms with Crippen LogP contribution in [0, 0.1) is 11.3 Å². The first-order valence-corrected chi connectivity index (χ1v) is 10.9. The van der Waals surface area contributed by atoms with Crippen LogP contribution < -0.4 is 0 Å². The number of imidazole rings is 1. The van der Waals surface area contributed by atoms with E-state index in [0.717, 1.165) is 53.8 Å².